The quantitative estimate of drug-likeness (QED) is 0.419. The molecule has 1 aliphatic heterocycles. The molecule has 8 heteroatoms. The number of hydrogen-bond donors (Lipinski definition) is 2. The van der Waals surface area contributed by atoms with Gasteiger partial charge in [-0.25, -0.2) is 4.90 Å². The van der Waals surface area contributed by atoms with E-state index < -0.39 is 11.8 Å². The highest BCUT2D eigenvalue weighted by Gasteiger charge is 2.39. The van der Waals surface area contributed by atoms with E-state index in [4.69, 9.17) is 23.2 Å². The van der Waals surface area contributed by atoms with Crippen molar-refractivity contribution in [1.29, 1.82) is 0 Å². The van der Waals surface area contributed by atoms with Gasteiger partial charge in [0.05, 0.1) is 5.69 Å². The highest BCUT2D eigenvalue weighted by atomic mass is 35.5. The first-order chi connectivity index (χ1) is 16.3. The number of amides is 3. The first kappa shape index (κ1) is 23.5. The maximum Gasteiger partial charge on any atom is 0.283 e. The molecule has 0 spiro atoms. The van der Waals surface area contributed by atoms with Gasteiger partial charge < -0.3 is 10.6 Å². The Labute approximate surface area is 207 Å². The maximum absolute atomic E-state index is 13.0. The average Bonchev–Trinajstić information content (AvgIpc) is 3.04. The predicted octanol–water partition coefficient (Wildman–Crippen LogP) is 5.90. The summed E-state index contributed by atoms with van der Waals surface area (Å²) in [6.07, 6.45) is 0.799. The van der Waals surface area contributed by atoms with E-state index in [1.54, 1.807) is 49.4 Å². The highest BCUT2D eigenvalue weighted by molar-refractivity contribution is 6.53. The normalized spacial score (nSPS) is 13.5. The van der Waals surface area contributed by atoms with Crippen LogP contribution in [0.25, 0.3) is 0 Å². The van der Waals surface area contributed by atoms with Crippen molar-refractivity contribution in [2.75, 3.05) is 15.5 Å². The number of halogens is 2. The molecule has 34 heavy (non-hydrogen) atoms. The molecule has 3 amide bonds. The number of benzene rings is 3. The van der Waals surface area contributed by atoms with Crippen LogP contribution in [0.3, 0.4) is 0 Å². The summed E-state index contributed by atoms with van der Waals surface area (Å²) in [6.45, 7) is 3.75. The van der Waals surface area contributed by atoms with E-state index in [0.717, 1.165) is 22.6 Å². The minimum atomic E-state index is -0.634. The Kier molecular flexibility index (Phi) is 6.72. The fourth-order valence-corrected chi connectivity index (χ4v) is 4.04. The predicted molar refractivity (Wildman–Crippen MR) is 135 cm³/mol. The molecule has 0 unspecified atom stereocenters. The maximum atomic E-state index is 13.0. The lowest BCUT2D eigenvalue weighted by molar-refractivity contribution is -0.120. The van der Waals surface area contributed by atoms with Crippen LogP contribution >= 0.6 is 23.2 Å². The van der Waals surface area contributed by atoms with Gasteiger partial charge in [-0.15, -0.1) is 0 Å². The van der Waals surface area contributed by atoms with Gasteiger partial charge in [-0.05, 0) is 66.9 Å². The lowest BCUT2D eigenvalue weighted by Crippen LogP contribution is -2.32. The first-order valence-electron chi connectivity index (χ1n) is 10.6. The standard InChI is InChI=1S/C26H21Cl2N3O3/c1-3-16-7-4-5-9-20(16)30-24(32)17-11-13-18(14-12-17)29-23-22(28)25(33)31(26(23)34)21-10-6-8-19(27)15(21)2/h4-14,29H,3H2,1-2H3,(H,30,32). The van der Waals surface area contributed by atoms with Gasteiger partial charge in [0.2, 0.25) is 0 Å². The molecule has 172 valence electrons. The van der Waals surface area contributed by atoms with Crippen LogP contribution in [0, 0.1) is 6.92 Å². The molecule has 1 aliphatic rings. The number of para-hydroxylation sites is 1. The van der Waals surface area contributed by atoms with E-state index >= 15 is 0 Å². The molecular formula is C26H21Cl2N3O3. The number of anilines is 3. The van der Waals surface area contributed by atoms with Crippen LogP contribution in [0.1, 0.15) is 28.4 Å². The van der Waals surface area contributed by atoms with Gasteiger partial charge >= 0.3 is 0 Å². The summed E-state index contributed by atoms with van der Waals surface area (Å²) in [6, 6.07) is 19.1. The van der Waals surface area contributed by atoms with Crippen LogP contribution in [0.2, 0.25) is 5.02 Å². The zero-order valence-corrected chi connectivity index (χ0v) is 20.0. The van der Waals surface area contributed by atoms with Gasteiger partial charge in [-0.2, -0.15) is 0 Å². The van der Waals surface area contributed by atoms with E-state index in [1.165, 1.54) is 0 Å². The fraction of sp³-hybridized carbons (Fsp3) is 0.115. The summed E-state index contributed by atoms with van der Waals surface area (Å²) in [5, 5.41) is 6.04. The lowest BCUT2D eigenvalue weighted by Gasteiger charge is -2.18. The topological polar surface area (TPSA) is 78.5 Å². The van der Waals surface area contributed by atoms with Gasteiger partial charge in [-0.3, -0.25) is 14.4 Å². The Morgan fingerprint density at radius 1 is 0.912 bits per heavy atom. The number of carbonyl (C=O) groups is 3. The molecule has 0 bridgehead atoms. The van der Waals surface area contributed by atoms with Gasteiger partial charge in [-0.1, -0.05) is 54.4 Å². The molecule has 3 aromatic carbocycles. The average molecular weight is 494 g/mol. The fourth-order valence-electron chi connectivity index (χ4n) is 3.66. The molecule has 3 aromatic rings. The highest BCUT2D eigenvalue weighted by Crippen LogP contribution is 2.34. The van der Waals surface area contributed by atoms with Crippen molar-refractivity contribution in [2.24, 2.45) is 0 Å². The van der Waals surface area contributed by atoms with Crippen molar-refractivity contribution < 1.29 is 14.4 Å². The van der Waals surface area contributed by atoms with E-state index in [-0.39, 0.29) is 16.6 Å². The third-order valence-electron chi connectivity index (χ3n) is 5.57. The van der Waals surface area contributed by atoms with Crippen molar-refractivity contribution in [3.05, 3.63) is 99.2 Å². The second-order valence-corrected chi connectivity index (χ2v) is 8.47. The van der Waals surface area contributed by atoms with Crippen LogP contribution in [-0.2, 0) is 16.0 Å². The van der Waals surface area contributed by atoms with Crippen LogP contribution < -0.4 is 15.5 Å². The van der Waals surface area contributed by atoms with E-state index in [1.807, 2.05) is 31.2 Å². The smallest absolute Gasteiger partial charge is 0.283 e. The van der Waals surface area contributed by atoms with Crippen molar-refractivity contribution in [1.82, 2.24) is 0 Å². The second-order valence-electron chi connectivity index (χ2n) is 7.69. The van der Waals surface area contributed by atoms with Crippen LogP contribution in [0.4, 0.5) is 17.1 Å². The Morgan fingerprint density at radius 3 is 2.32 bits per heavy atom. The summed E-state index contributed by atoms with van der Waals surface area (Å²) in [5.41, 5.74) is 3.68. The largest absolute Gasteiger partial charge is 0.350 e. The number of carbonyl (C=O) groups excluding carboxylic acids is 3. The number of rotatable bonds is 6. The Balaban J connectivity index is 1.51. The van der Waals surface area contributed by atoms with Crippen LogP contribution in [0.5, 0.6) is 0 Å². The Morgan fingerprint density at radius 2 is 1.62 bits per heavy atom. The zero-order valence-electron chi connectivity index (χ0n) is 18.5. The number of imide groups is 1. The summed E-state index contributed by atoms with van der Waals surface area (Å²) in [4.78, 5) is 39.4. The van der Waals surface area contributed by atoms with Crippen molar-refractivity contribution in [3.63, 3.8) is 0 Å². The summed E-state index contributed by atoms with van der Waals surface area (Å²) in [7, 11) is 0. The Hall–Kier alpha value is -3.61. The number of aryl methyl sites for hydroxylation is 1. The van der Waals surface area contributed by atoms with Crippen molar-refractivity contribution in [2.45, 2.75) is 20.3 Å². The third kappa shape index (κ3) is 4.42. The molecule has 0 saturated carbocycles. The van der Waals surface area contributed by atoms with Gasteiger partial charge in [0, 0.05) is 22.0 Å². The summed E-state index contributed by atoms with van der Waals surface area (Å²) in [5.74, 6) is -1.47. The van der Waals surface area contributed by atoms with E-state index in [0.29, 0.717) is 27.5 Å². The van der Waals surface area contributed by atoms with Gasteiger partial charge in [0.1, 0.15) is 10.7 Å². The molecule has 0 aromatic heterocycles. The third-order valence-corrected chi connectivity index (χ3v) is 6.33. The number of hydrogen-bond acceptors (Lipinski definition) is 4. The zero-order chi connectivity index (χ0) is 24.4. The van der Waals surface area contributed by atoms with Gasteiger partial charge in [0.15, 0.2) is 0 Å². The molecule has 6 nitrogen and oxygen atoms in total. The van der Waals surface area contributed by atoms with Crippen LogP contribution in [0.15, 0.2) is 77.5 Å². The number of nitrogens with zero attached hydrogens (tertiary/aromatic N) is 1. The van der Waals surface area contributed by atoms with Crippen molar-refractivity contribution >= 4 is 58.0 Å². The molecule has 0 fully saturated rings. The lowest BCUT2D eigenvalue weighted by atomic mass is 10.1. The summed E-state index contributed by atoms with van der Waals surface area (Å²) < 4.78 is 0. The minimum Gasteiger partial charge on any atom is -0.350 e. The molecule has 4 rings (SSSR count). The van der Waals surface area contributed by atoms with Crippen LogP contribution in [-0.4, -0.2) is 17.7 Å². The first-order valence-corrected chi connectivity index (χ1v) is 11.4. The number of nitrogens with one attached hydrogen (secondary N) is 2. The molecule has 0 atom stereocenters. The molecular weight excluding hydrogens is 473 g/mol. The summed E-state index contributed by atoms with van der Waals surface area (Å²) >= 11 is 12.4. The molecule has 1 heterocycles. The second kappa shape index (κ2) is 9.71. The van der Waals surface area contributed by atoms with Crippen molar-refractivity contribution in [3.8, 4) is 0 Å². The molecule has 2 N–H and O–H groups in total. The van der Waals surface area contributed by atoms with E-state index in [2.05, 4.69) is 10.6 Å². The van der Waals surface area contributed by atoms with Gasteiger partial charge in [0.25, 0.3) is 17.7 Å². The molecule has 0 saturated heterocycles. The monoisotopic (exact) mass is 493 g/mol. The minimum absolute atomic E-state index is 0.0416. The molecule has 0 radical (unpaired) electrons. The SMILES string of the molecule is CCc1ccccc1NC(=O)c1ccc(NC2=C(Cl)C(=O)N(c3cccc(Cl)c3C)C2=O)cc1. The molecule has 0 aliphatic carbocycles. The van der Waals surface area contributed by atoms with E-state index in [9.17, 15) is 14.4 Å². The Bertz CT molecular complexity index is 1330.